The molecule has 3 rings (SSSR count). The first-order chi connectivity index (χ1) is 10.2. The quantitative estimate of drug-likeness (QED) is 0.857. The third kappa shape index (κ3) is 2.83. The van der Waals surface area contributed by atoms with Gasteiger partial charge in [0.25, 0.3) is 5.91 Å². The molecule has 0 aliphatic carbocycles. The van der Waals surface area contributed by atoms with E-state index in [1.807, 2.05) is 0 Å². The number of nitrogens with zero attached hydrogens (tertiary/aromatic N) is 2. The second-order valence-corrected chi connectivity index (χ2v) is 6.27. The largest absolute Gasteiger partial charge is 0.492 e. The summed E-state index contributed by atoms with van der Waals surface area (Å²) in [6.07, 6.45) is 3.42. The predicted molar refractivity (Wildman–Crippen MR) is 79.4 cm³/mol. The van der Waals surface area contributed by atoms with E-state index in [-0.39, 0.29) is 5.91 Å². The van der Waals surface area contributed by atoms with Crippen LogP contribution in [-0.4, -0.2) is 52.4 Å². The molecule has 1 unspecified atom stereocenters. The highest BCUT2D eigenvalue weighted by molar-refractivity contribution is 7.99. The van der Waals surface area contributed by atoms with Gasteiger partial charge >= 0.3 is 0 Å². The SMILES string of the molecule is NC(=O)C1CSCCN1C(=O)c1cc2c(cn1)OCCC2. The van der Waals surface area contributed by atoms with E-state index in [1.165, 1.54) is 4.90 Å². The van der Waals surface area contributed by atoms with E-state index in [4.69, 9.17) is 10.5 Å². The molecule has 7 heteroatoms. The van der Waals surface area contributed by atoms with Crippen molar-refractivity contribution in [2.75, 3.05) is 24.7 Å². The van der Waals surface area contributed by atoms with Crippen LogP contribution in [0.15, 0.2) is 12.3 Å². The highest BCUT2D eigenvalue weighted by Gasteiger charge is 2.32. The molecular formula is C14H17N3O3S. The van der Waals surface area contributed by atoms with Crippen molar-refractivity contribution in [3.8, 4) is 5.75 Å². The minimum absolute atomic E-state index is 0.229. The van der Waals surface area contributed by atoms with Crippen LogP contribution in [0, 0.1) is 0 Å². The fourth-order valence-corrected chi connectivity index (χ4v) is 3.66. The van der Waals surface area contributed by atoms with Crippen molar-refractivity contribution in [2.24, 2.45) is 5.73 Å². The van der Waals surface area contributed by atoms with Crippen LogP contribution in [0.3, 0.4) is 0 Å². The number of hydrogen-bond acceptors (Lipinski definition) is 5. The van der Waals surface area contributed by atoms with Crippen LogP contribution in [-0.2, 0) is 11.2 Å². The van der Waals surface area contributed by atoms with Gasteiger partial charge in [0.15, 0.2) is 0 Å². The van der Waals surface area contributed by atoms with Crippen molar-refractivity contribution in [3.63, 3.8) is 0 Å². The number of rotatable bonds is 2. The number of nitrogens with two attached hydrogens (primary N) is 1. The maximum Gasteiger partial charge on any atom is 0.273 e. The lowest BCUT2D eigenvalue weighted by molar-refractivity contribution is -0.121. The summed E-state index contributed by atoms with van der Waals surface area (Å²) in [4.78, 5) is 29.8. The highest BCUT2D eigenvalue weighted by atomic mass is 32.2. The summed E-state index contributed by atoms with van der Waals surface area (Å²) in [5, 5.41) is 0. The summed E-state index contributed by atoms with van der Waals surface area (Å²) in [6, 6.07) is 1.22. The second-order valence-electron chi connectivity index (χ2n) is 5.12. The fourth-order valence-electron chi connectivity index (χ4n) is 2.60. The van der Waals surface area contributed by atoms with Crippen LogP contribution in [0.5, 0.6) is 5.75 Å². The van der Waals surface area contributed by atoms with Gasteiger partial charge < -0.3 is 15.4 Å². The molecule has 2 N–H and O–H groups in total. The van der Waals surface area contributed by atoms with E-state index in [2.05, 4.69) is 4.98 Å². The summed E-state index contributed by atoms with van der Waals surface area (Å²) in [5.74, 6) is 1.42. The average Bonchev–Trinajstić information content (AvgIpc) is 2.53. The number of carbonyl (C=O) groups is 2. The number of aryl methyl sites for hydroxylation is 1. The van der Waals surface area contributed by atoms with Crippen LogP contribution in [0.25, 0.3) is 0 Å². The Morgan fingerprint density at radius 2 is 2.33 bits per heavy atom. The van der Waals surface area contributed by atoms with E-state index in [1.54, 1.807) is 24.0 Å². The third-order valence-electron chi connectivity index (χ3n) is 3.73. The Hall–Kier alpha value is -1.76. The lowest BCUT2D eigenvalue weighted by Crippen LogP contribution is -2.52. The van der Waals surface area contributed by atoms with Crippen molar-refractivity contribution in [1.29, 1.82) is 0 Å². The van der Waals surface area contributed by atoms with Gasteiger partial charge in [0, 0.05) is 18.1 Å². The number of primary amides is 1. The number of pyridine rings is 1. The number of ether oxygens (including phenoxy) is 1. The summed E-state index contributed by atoms with van der Waals surface area (Å²) >= 11 is 1.64. The van der Waals surface area contributed by atoms with Gasteiger partial charge in [0.1, 0.15) is 17.5 Å². The molecule has 2 aliphatic heterocycles. The Morgan fingerprint density at radius 1 is 1.48 bits per heavy atom. The van der Waals surface area contributed by atoms with Gasteiger partial charge in [-0.05, 0) is 24.5 Å². The van der Waals surface area contributed by atoms with Gasteiger partial charge in [-0.1, -0.05) is 0 Å². The number of thioether (sulfide) groups is 1. The topological polar surface area (TPSA) is 85.5 Å². The minimum Gasteiger partial charge on any atom is -0.492 e. The first kappa shape index (κ1) is 14.2. The van der Waals surface area contributed by atoms with Crippen LogP contribution < -0.4 is 10.5 Å². The Balaban J connectivity index is 1.85. The molecule has 2 aliphatic rings. The fraction of sp³-hybridized carbons (Fsp3) is 0.500. The molecule has 1 aromatic rings. The van der Waals surface area contributed by atoms with E-state index in [9.17, 15) is 9.59 Å². The summed E-state index contributed by atoms with van der Waals surface area (Å²) in [6.45, 7) is 1.21. The molecular weight excluding hydrogens is 290 g/mol. The number of hydrogen-bond donors (Lipinski definition) is 1. The molecule has 112 valence electrons. The summed E-state index contributed by atoms with van der Waals surface area (Å²) in [5.41, 5.74) is 6.76. The summed E-state index contributed by atoms with van der Waals surface area (Å²) < 4.78 is 5.50. The molecule has 1 atom stereocenters. The number of carbonyl (C=O) groups excluding carboxylic acids is 2. The average molecular weight is 307 g/mol. The van der Waals surface area contributed by atoms with E-state index in [0.717, 1.165) is 29.9 Å². The maximum atomic E-state index is 12.6. The Kier molecular flexibility index (Phi) is 4.01. The molecule has 1 saturated heterocycles. The number of aromatic nitrogens is 1. The lowest BCUT2D eigenvalue weighted by atomic mass is 10.1. The first-order valence-electron chi connectivity index (χ1n) is 6.96. The van der Waals surface area contributed by atoms with Crippen molar-refractivity contribution in [2.45, 2.75) is 18.9 Å². The molecule has 1 fully saturated rings. The van der Waals surface area contributed by atoms with E-state index < -0.39 is 11.9 Å². The molecule has 3 heterocycles. The smallest absolute Gasteiger partial charge is 0.273 e. The number of fused-ring (bicyclic) bond motifs is 1. The molecule has 21 heavy (non-hydrogen) atoms. The van der Waals surface area contributed by atoms with Crippen LogP contribution >= 0.6 is 11.8 Å². The Morgan fingerprint density at radius 3 is 3.14 bits per heavy atom. The van der Waals surface area contributed by atoms with E-state index >= 15 is 0 Å². The van der Waals surface area contributed by atoms with Gasteiger partial charge in [0.05, 0.1) is 12.8 Å². The monoisotopic (exact) mass is 307 g/mol. The zero-order valence-electron chi connectivity index (χ0n) is 11.6. The van der Waals surface area contributed by atoms with Crippen LogP contribution in [0.2, 0.25) is 0 Å². The lowest BCUT2D eigenvalue weighted by Gasteiger charge is -2.33. The van der Waals surface area contributed by atoms with E-state index in [0.29, 0.717) is 24.6 Å². The minimum atomic E-state index is -0.551. The first-order valence-corrected chi connectivity index (χ1v) is 8.12. The Labute approximate surface area is 127 Å². The molecule has 0 saturated carbocycles. The second kappa shape index (κ2) is 5.93. The maximum absolute atomic E-state index is 12.6. The molecule has 6 nitrogen and oxygen atoms in total. The molecule has 0 radical (unpaired) electrons. The molecule has 0 aromatic carbocycles. The summed E-state index contributed by atoms with van der Waals surface area (Å²) in [7, 11) is 0. The molecule has 0 spiro atoms. The van der Waals surface area contributed by atoms with Gasteiger partial charge in [-0.25, -0.2) is 4.98 Å². The Bertz CT molecular complexity index is 579. The van der Waals surface area contributed by atoms with Gasteiger partial charge in [-0.3, -0.25) is 9.59 Å². The molecule has 2 amide bonds. The van der Waals surface area contributed by atoms with Crippen molar-refractivity contribution < 1.29 is 14.3 Å². The van der Waals surface area contributed by atoms with Crippen LogP contribution in [0.4, 0.5) is 0 Å². The standard InChI is InChI=1S/C14H17N3O3S/c15-13(18)11-8-21-5-3-17(11)14(19)10-6-9-2-1-4-20-12(9)7-16-10/h6-7,11H,1-5,8H2,(H2,15,18). The van der Waals surface area contributed by atoms with Gasteiger partial charge in [0.2, 0.25) is 5.91 Å². The van der Waals surface area contributed by atoms with Gasteiger partial charge in [-0.15, -0.1) is 0 Å². The van der Waals surface area contributed by atoms with Crippen molar-refractivity contribution in [3.05, 3.63) is 23.5 Å². The third-order valence-corrected chi connectivity index (χ3v) is 4.76. The zero-order valence-corrected chi connectivity index (χ0v) is 12.4. The van der Waals surface area contributed by atoms with Crippen molar-refractivity contribution >= 4 is 23.6 Å². The molecule has 0 bridgehead atoms. The highest BCUT2D eigenvalue weighted by Crippen LogP contribution is 2.25. The zero-order chi connectivity index (χ0) is 14.8. The predicted octanol–water partition coefficient (Wildman–Crippen LogP) is 0.449. The molecule has 1 aromatic heterocycles. The van der Waals surface area contributed by atoms with Crippen LogP contribution in [0.1, 0.15) is 22.5 Å². The van der Waals surface area contributed by atoms with Gasteiger partial charge in [-0.2, -0.15) is 11.8 Å². The van der Waals surface area contributed by atoms with Crippen molar-refractivity contribution in [1.82, 2.24) is 9.88 Å². The number of amides is 2. The normalized spacial score (nSPS) is 21.3.